The second-order valence-electron chi connectivity index (χ2n) is 6.28. The molecule has 0 bridgehead atoms. The summed E-state index contributed by atoms with van der Waals surface area (Å²) in [6.07, 6.45) is 9.72. The molecule has 1 saturated carbocycles. The third kappa shape index (κ3) is 6.91. The molecule has 0 unspecified atom stereocenters. The fraction of sp³-hybridized carbons (Fsp3) is 0.611. The number of pyridine rings is 1. The van der Waals surface area contributed by atoms with Crippen LogP contribution in [0.15, 0.2) is 24.5 Å². The first-order valence-corrected chi connectivity index (χ1v) is 9.68. The normalized spacial score (nSPS) is 14.5. The van der Waals surface area contributed by atoms with E-state index in [1.165, 1.54) is 37.4 Å². The van der Waals surface area contributed by atoms with Crippen molar-refractivity contribution < 1.29 is 9.59 Å². The van der Waals surface area contributed by atoms with Gasteiger partial charge in [-0.15, -0.1) is 0 Å². The third-order valence-electron chi connectivity index (χ3n) is 4.43. The average molecular weight is 350 g/mol. The van der Waals surface area contributed by atoms with Crippen molar-refractivity contribution in [2.45, 2.75) is 45.6 Å². The molecular weight excluding hydrogens is 322 g/mol. The van der Waals surface area contributed by atoms with E-state index < -0.39 is 0 Å². The lowest BCUT2D eigenvalue weighted by Crippen LogP contribution is -2.42. The summed E-state index contributed by atoms with van der Waals surface area (Å²) in [6, 6.07) is 3.75. The molecule has 24 heavy (non-hydrogen) atoms. The van der Waals surface area contributed by atoms with Crippen LogP contribution in [-0.4, -0.2) is 39.9 Å². The minimum atomic E-state index is -0.0473. The van der Waals surface area contributed by atoms with Crippen molar-refractivity contribution in [2.75, 3.05) is 18.8 Å². The predicted octanol–water partition coefficient (Wildman–Crippen LogP) is 3.45. The van der Waals surface area contributed by atoms with Crippen LogP contribution in [0.4, 0.5) is 4.79 Å². The van der Waals surface area contributed by atoms with E-state index in [2.05, 4.69) is 10.3 Å². The molecule has 6 heteroatoms. The summed E-state index contributed by atoms with van der Waals surface area (Å²) < 4.78 is 0. The SMILES string of the molecule is CC(=O)SCCN(CCC1CCCC1)C(=O)NCc1ccncc1. The minimum Gasteiger partial charge on any atom is -0.334 e. The van der Waals surface area contributed by atoms with Gasteiger partial charge in [-0.05, 0) is 30.0 Å². The molecule has 0 atom stereocenters. The van der Waals surface area contributed by atoms with Crippen LogP contribution >= 0.6 is 11.8 Å². The highest BCUT2D eigenvalue weighted by molar-refractivity contribution is 8.13. The van der Waals surface area contributed by atoms with Gasteiger partial charge in [0.1, 0.15) is 0 Å². The summed E-state index contributed by atoms with van der Waals surface area (Å²) in [5.41, 5.74) is 1.03. The third-order valence-corrected chi connectivity index (χ3v) is 5.22. The summed E-state index contributed by atoms with van der Waals surface area (Å²) in [6.45, 7) is 3.45. The largest absolute Gasteiger partial charge is 0.334 e. The van der Waals surface area contributed by atoms with E-state index in [0.717, 1.165) is 24.4 Å². The van der Waals surface area contributed by atoms with Crippen LogP contribution in [-0.2, 0) is 11.3 Å². The van der Waals surface area contributed by atoms with Crippen molar-refractivity contribution in [1.82, 2.24) is 15.2 Å². The van der Waals surface area contributed by atoms with E-state index in [1.807, 2.05) is 17.0 Å². The monoisotopic (exact) mass is 349 g/mol. The first-order chi connectivity index (χ1) is 11.6. The molecule has 1 aliphatic carbocycles. The number of rotatable bonds is 8. The first kappa shape index (κ1) is 18.8. The number of thioether (sulfide) groups is 1. The van der Waals surface area contributed by atoms with Gasteiger partial charge >= 0.3 is 6.03 Å². The molecule has 1 N–H and O–H groups in total. The maximum Gasteiger partial charge on any atom is 0.317 e. The molecule has 0 saturated heterocycles. The van der Waals surface area contributed by atoms with Crippen LogP contribution in [0.3, 0.4) is 0 Å². The van der Waals surface area contributed by atoms with Crippen LogP contribution in [0.5, 0.6) is 0 Å². The predicted molar refractivity (Wildman–Crippen MR) is 97.8 cm³/mol. The van der Waals surface area contributed by atoms with Gasteiger partial charge in [0, 0.05) is 44.7 Å². The van der Waals surface area contributed by atoms with Gasteiger partial charge in [0.2, 0.25) is 0 Å². The molecule has 1 heterocycles. The van der Waals surface area contributed by atoms with Crippen LogP contribution in [0, 0.1) is 5.92 Å². The Labute approximate surface area is 148 Å². The summed E-state index contributed by atoms with van der Waals surface area (Å²) >= 11 is 1.28. The number of nitrogens with zero attached hydrogens (tertiary/aromatic N) is 2. The number of carbonyl (C=O) groups excluding carboxylic acids is 2. The van der Waals surface area contributed by atoms with Crippen molar-refractivity contribution in [1.29, 1.82) is 0 Å². The van der Waals surface area contributed by atoms with Crippen LogP contribution < -0.4 is 5.32 Å². The van der Waals surface area contributed by atoms with Gasteiger partial charge < -0.3 is 10.2 Å². The Bertz CT molecular complexity index is 518. The van der Waals surface area contributed by atoms with Crippen molar-refractivity contribution in [3.63, 3.8) is 0 Å². The second kappa shape index (κ2) is 10.3. The van der Waals surface area contributed by atoms with Gasteiger partial charge in [-0.3, -0.25) is 9.78 Å². The average Bonchev–Trinajstić information content (AvgIpc) is 3.10. The fourth-order valence-electron chi connectivity index (χ4n) is 3.04. The molecule has 0 spiro atoms. The van der Waals surface area contributed by atoms with Gasteiger partial charge in [-0.2, -0.15) is 0 Å². The second-order valence-corrected chi connectivity index (χ2v) is 7.55. The molecular formula is C18H27N3O2S. The van der Waals surface area contributed by atoms with Gasteiger partial charge in [0.15, 0.2) is 5.12 Å². The molecule has 0 aromatic carbocycles. The summed E-state index contributed by atoms with van der Waals surface area (Å²) in [4.78, 5) is 29.4. The number of amides is 2. The Balaban J connectivity index is 1.81. The smallest absolute Gasteiger partial charge is 0.317 e. The zero-order valence-corrected chi connectivity index (χ0v) is 15.2. The number of hydrogen-bond donors (Lipinski definition) is 1. The minimum absolute atomic E-state index is 0.0473. The number of urea groups is 1. The van der Waals surface area contributed by atoms with Crippen LogP contribution in [0.1, 0.15) is 44.6 Å². The molecule has 1 aromatic heterocycles. The Morgan fingerprint density at radius 3 is 2.62 bits per heavy atom. The standard InChI is InChI=1S/C18H27N3O2S/c1-15(22)24-13-12-21(11-8-16-4-2-3-5-16)18(23)20-14-17-6-9-19-10-7-17/h6-7,9-10,16H,2-5,8,11-14H2,1H3,(H,20,23). The van der Waals surface area contributed by atoms with E-state index in [4.69, 9.17) is 0 Å². The van der Waals surface area contributed by atoms with Crippen molar-refractivity contribution in [3.8, 4) is 0 Å². The molecule has 132 valence electrons. The van der Waals surface area contributed by atoms with E-state index in [-0.39, 0.29) is 11.1 Å². The molecule has 2 rings (SSSR count). The number of hydrogen-bond acceptors (Lipinski definition) is 4. The van der Waals surface area contributed by atoms with Crippen molar-refractivity contribution in [2.24, 2.45) is 5.92 Å². The van der Waals surface area contributed by atoms with E-state index in [9.17, 15) is 9.59 Å². The maximum absolute atomic E-state index is 12.5. The Morgan fingerprint density at radius 2 is 1.96 bits per heavy atom. The number of aromatic nitrogens is 1. The molecule has 0 radical (unpaired) electrons. The fourth-order valence-corrected chi connectivity index (χ4v) is 3.64. The number of carbonyl (C=O) groups is 2. The molecule has 1 aromatic rings. The van der Waals surface area contributed by atoms with Gasteiger partial charge in [-0.1, -0.05) is 37.4 Å². The Hall–Kier alpha value is -1.56. The first-order valence-electron chi connectivity index (χ1n) is 8.70. The molecule has 2 amide bonds. The molecule has 1 fully saturated rings. The highest BCUT2D eigenvalue weighted by atomic mass is 32.2. The molecule has 0 aliphatic heterocycles. The van der Waals surface area contributed by atoms with Crippen LogP contribution in [0.25, 0.3) is 0 Å². The summed E-state index contributed by atoms with van der Waals surface area (Å²) in [5, 5.41) is 3.08. The van der Waals surface area contributed by atoms with Gasteiger partial charge in [0.05, 0.1) is 0 Å². The molecule has 5 nitrogen and oxygen atoms in total. The van der Waals surface area contributed by atoms with Gasteiger partial charge in [-0.25, -0.2) is 4.79 Å². The molecule has 1 aliphatic rings. The van der Waals surface area contributed by atoms with E-state index >= 15 is 0 Å². The van der Waals surface area contributed by atoms with Crippen molar-refractivity contribution in [3.05, 3.63) is 30.1 Å². The number of nitrogens with one attached hydrogen (secondary N) is 1. The van der Waals surface area contributed by atoms with Gasteiger partial charge in [0.25, 0.3) is 0 Å². The van der Waals surface area contributed by atoms with E-state index in [1.54, 1.807) is 19.3 Å². The topological polar surface area (TPSA) is 62.3 Å². The maximum atomic E-state index is 12.5. The van der Waals surface area contributed by atoms with Crippen LogP contribution in [0.2, 0.25) is 0 Å². The highest BCUT2D eigenvalue weighted by Gasteiger charge is 2.19. The zero-order chi connectivity index (χ0) is 17.2. The Morgan fingerprint density at radius 1 is 1.25 bits per heavy atom. The summed E-state index contributed by atoms with van der Waals surface area (Å²) in [7, 11) is 0. The summed E-state index contributed by atoms with van der Waals surface area (Å²) in [5.74, 6) is 1.41. The van der Waals surface area contributed by atoms with Crippen molar-refractivity contribution >= 4 is 22.9 Å². The van der Waals surface area contributed by atoms with E-state index in [0.29, 0.717) is 18.8 Å². The Kier molecular flexibility index (Phi) is 8.08. The lowest BCUT2D eigenvalue weighted by Gasteiger charge is -2.24. The quantitative estimate of drug-likeness (QED) is 0.781. The highest BCUT2D eigenvalue weighted by Crippen LogP contribution is 2.27. The lowest BCUT2D eigenvalue weighted by atomic mass is 10.0. The lowest BCUT2D eigenvalue weighted by molar-refractivity contribution is -0.109. The zero-order valence-electron chi connectivity index (χ0n) is 14.4.